The number of rotatable bonds is 6. The van der Waals surface area contributed by atoms with E-state index >= 15 is 0 Å². The zero-order chi connectivity index (χ0) is 14.4. The Balaban J connectivity index is 1.88. The minimum Gasteiger partial charge on any atom is -0.396 e. The molecule has 2 unspecified atom stereocenters. The molecule has 1 saturated heterocycles. The van der Waals surface area contributed by atoms with E-state index in [0.29, 0.717) is 11.8 Å². The average Bonchev–Trinajstić information content (AvgIpc) is 2.93. The van der Waals surface area contributed by atoms with Crippen molar-refractivity contribution in [3.63, 3.8) is 0 Å². The Labute approximate surface area is 122 Å². The number of piperidine rings is 1. The Morgan fingerprint density at radius 1 is 1.30 bits per heavy atom. The molecular formula is C16H30N2O2. The first-order valence-electron chi connectivity index (χ1n) is 8.32. The minimum atomic E-state index is -0.146. The minimum absolute atomic E-state index is 0.146. The number of carbonyl (C=O) groups excluding carboxylic acids is 1. The van der Waals surface area contributed by atoms with Crippen molar-refractivity contribution in [2.45, 2.75) is 51.9 Å². The monoisotopic (exact) mass is 282 g/mol. The molecule has 0 aromatic carbocycles. The third-order valence-electron chi connectivity index (χ3n) is 5.35. The van der Waals surface area contributed by atoms with Crippen molar-refractivity contribution in [2.75, 3.05) is 26.2 Å². The van der Waals surface area contributed by atoms with Gasteiger partial charge >= 0.3 is 0 Å². The maximum atomic E-state index is 12.7. The number of aliphatic hydroxyl groups is 1. The lowest BCUT2D eigenvalue weighted by Gasteiger charge is -2.36. The second-order valence-electron chi connectivity index (χ2n) is 6.62. The summed E-state index contributed by atoms with van der Waals surface area (Å²) in [6.45, 7) is 5.09. The summed E-state index contributed by atoms with van der Waals surface area (Å²) in [5, 5.41) is 15.9. The first-order valence-corrected chi connectivity index (χ1v) is 8.32. The van der Waals surface area contributed by atoms with Crippen LogP contribution in [-0.4, -0.2) is 37.3 Å². The number of hydrogen-bond acceptors (Lipinski definition) is 3. The maximum absolute atomic E-state index is 12.7. The van der Waals surface area contributed by atoms with Crippen molar-refractivity contribution in [1.29, 1.82) is 0 Å². The lowest BCUT2D eigenvalue weighted by atomic mass is 9.74. The van der Waals surface area contributed by atoms with Crippen molar-refractivity contribution < 1.29 is 9.90 Å². The van der Waals surface area contributed by atoms with Gasteiger partial charge in [0.1, 0.15) is 0 Å². The molecule has 116 valence electrons. The van der Waals surface area contributed by atoms with Crippen molar-refractivity contribution >= 4 is 5.91 Å². The summed E-state index contributed by atoms with van der Waals surface area (Å²) in [6, 6.07) is 0. The van der Waals surface area contributed by atoms with Gasteiger partial charge in [0.2, 0.25) is 5.91 Å². The summed E-state index contributed by atoms with van der Waals surface area (Å²) in [5.41, 5.74) is -0.146. The molecule has 2 atom stereocenters. The van der Waals surface area contributed by atoms with Crippen molar-refractivity contribution in [2.24, 2.45) is 17.3 Å². The van der Waals surface area contributed by atoms with Crippen LogP contribution >= 0.6 is 0 Å². The summed E-state index contributed by atoms with van der Waals surface area (Å²) < 4.78 is 0. The molecule has 1 amide bonds. The van der Waals surface area contributed by atoms with E-state index in [1.807, 2.05) is 0 Å². The number of hydrogen-bond donors (Lipinski definition) is 3. The predicted molar refractivity (Wildman–Crippen MR) is 80.4 cm³/mol. The van der Waals surface area contributed by atoms with E-state index in [0.717, 1.165) is 58.2 Å². The summed E-state index contributed by atoms with van der Waals surface area (Å²) in [7, 11) is 0. The lowest BCUT2D eigenvalue weighted by Crippen LogP contribution is -2.48. The third kappa shape index (κ3) is 3.53. The molecule has 4 nitrogen and oxygen atoms in total. The van der Waals surface area contributed by atoms with Gasteiger partial charge in [0.05, 0.1) is 5.41 Å². The largest absolute Gasteiger partial charge is 0.396 e. The van der Waals surface area contributed by atoms with Gasteiger partial charge in [-0.05, 0) is 57.0 Å². The number of nitrogens with one attached hydrogen (secondary N) is 2. The normalized spacial score (nSPS) is 29.3. The molecule has 1 saturated carbocycles. The second-order valence-corrected chi connectivity index (χ2v) is 6.62. The van der Waals surface area contributed by atoms with E-state index in [1.54, 1.807) is 0 Å². The fourth-order valence-corrected chi connectivity index (χ4v) is 4.01. The molecule has 0 aromatic rings. The number of carbonyl (C=O) groups is 1. The molecular weight excluding hydrogens is 252 g/mol. The number of aliphatic hydroxyl groups excluding tert-OH is 1. The summed E-state index contributed by atoms with van der Waals surface area (Å²) in [5.74, 6) is 1.12. The summed E-state index contributed by atoms with van der Waals surface area (Å²) in [4.78, 5) is 12.7. The van der Waals surface area contributed by atoms with Crippen LogP contribution in [0.4, 0.5) is 0 Å². The molecule has 1 heterocycles. The Morgan fingerprint density at radius 2 is 2.00 bits per heavy atom. The molecule has 0 bridgehead atoms. The Morgan fingerprint density at radius 3 is 2.65 bits per heavy atom. The van der Waals surface area contributed by atoms with Crippen LogP contribution < -0.4 is 10.6 Å². The molecule has 20 heavy (non-hydrogen) atoms. The molecule has 2 fully saturated rings. The van der Waals surface area contributed by atoms with E-state index in [2.05, 4.69) is 17.6 Å². The molecule has 2 aliphatic rings. The van der Waals surface area contributed by atoms with E-state index in [4.69, 9.17) is 0 Å². The molecule has 0 radical (unpaired) electrons. The zero-order valence-corrected chi connectivity index (χ0v) is 12.8. The molecule has 3 N–H and O–H groups in total. The Hall–Kier alpha value is -0.610. The second kappa shape index (κ2) is 7.41. The lowest BCUT2D eigenvalue weighted by molar-refractivity contribution is -0.133. The quantitative estimate of drug-likeness (QED) is 0.694. The van der Waals surface area contributed by atoms with E-state index in [1.165, 1.54) is 6.42 Å². The summed E-state index contributed by atoms with van der Waals surface area (Å²) >= 11 is 0. The van der Waals surface area contributed by atoms with Gasteiger partial charge < -0.3 is 15.7 Å². The van der Waals surface area contributed by atoms with Crippen molar-refractivity contribution in [1.82, 2.24) is 10.6 Å². The van der Waals surface area contributed by atoms with Gasteiger partial charge in [-0.1, -0.05) is 19.8 Å². The van der Waals surface area contributed by atoms with Crippen LogP contribution in [0.25, 0.3) is 0 Å². The topological polar surface area (TPSA) is 61.4 Å². The van der Waals surface area contributed by atoms with E-state index in [9.17, 15) is 9.90 Å². The highest BCUT2D eigenvalue weighted by atomic mass is 16.3. The first kappa shape index (κ1) is 15.8. The number of amides is 1. The van der Waals surface area contributed by atoms with E-state index in [-0.39, 0.29) is 17.9 Å². The molecule has 0 spiro atoms. The van der Waals surface area contributed by atoms with Crippen LogP contribution in [0.15, 0.2) is 0 Å². The maximum Gasteiger partial charge on any atom is 0.226 e. The fourth-order valence-electron chi connectivity index (χ4n) is 4.01. The summed E-state index contributed by atoms with van der Waals surface area (Å²) in [6.07, 6.45) is 7.43. The van der Waals surface area contributed by atoms with Gasteiger partial charge in [-0.25, -0.2) is 0 Å². The first-order chi connectivity index (χ1) is 9.72. The van der Waals surface area contributed by atoms with Gasteiger partial charge in [-0.2, -0.15) is 0 Å². The highest BCUT2D eigenvalue weighted by Gasteiger charge is 2.39. The van der Waals surface area contributed by atoms with Gasteiger partial charge in [0.25, 0.3) is 0 Å². The fraction of sp³-hybridized carbons (Fsp3) is 0.938. The molecule has 1 aliphatic heterocycles. The third-order valence-corrected chi connectivity index (χ3v) is 5.35. The van der Waals surface area contributed by atoms with Crippen molar-refractivity contribution in [3.05, 3.63) is 0 Å². The van der Waals surface area contributed by atoms with Crippen LogP contribution in [0.3, 0.4) is 0 Å². The van der Waals surface area contributed by atoms with Gasteiger partial charge in [0, 0.05) is 13.2 Å². The Kier molecular flexibility index (Phi) is 5.85. The molecule has 1 aliphatic carbocycles. The standard InChI is InChI=1S/C16H30N2O2/c1-2-6-16(7-9-17-10-8-16)15(20)18-11-13-4-3-5-14(13)12-19/h13-14,17,19H,2-12H2,1H3,(H,18,20). The van der Waals surface area contributed by atoms with Crippen LogP contribution in [0.1, 0.15) is 51.9 Å². The Bertz CT molecular complexity index is 308. The van der Waals surface area contributed by atoms with Gasteiger partial charge in [0.15, 0.2) is 0 Å². The highest BCUT2D eigenvalue weighted by Crippen LogP contribution is 2.35. The predicted octanol–water partition coefficient (Wildman–Crippen LogP) is 1.68. The molecule has 0 aromatic heterocycles. The zero-order valence-electron chi connectivity index (χ0n) is 12.8. The van der Waals surface area contributed by atoms with Crippen LogP contribution in [0.2, 0.25) is 0 Å². The van der Waals surface area contributed by atoms with Gasteiger partial charge in [-0.15, -0.1) is 0 Å². The van der Waals surface area contributed by atoms with Crippen LogP contribution in [0, 0.1) is 17.3 Å². The average molecular weight is 282 g/mol. The van der Waals surface area contributed by atoms with Crippen LogP contribution in [-0.2, 0) is 4.79 Å². The van der Waals surface area contributed by atoms with Crippen LogP contribution in [0.5, 0.6) is 0 Å². The SMILES string of the molecule is CCCC1(C(=O)NCC2CCCC2CO)CCNCC1. The molecule has 4 heteroatoms. The highest BCUT2D eigenvalue weighted by molar-refractivity contribution is 5.82. The van der Waals surface area contributed by atoms with Gasteiger partial charge in [-0.3, -0.25) is 4.79 Å². The molecule has 2 rings (SSSR count). The van der Waals surface area contributed by atoms with Crippen molar-refractivity contribution in [3.8, 4) is 0 Å². The van der Waals surface area contributed by atoms with E-state index < -0.39 is 0 Å². The smallest absolute Gasteiger partial charge is 0.226 e.